The van der Waals surface area contributed by atoms with Crippen molar-refractivity contribution in [3.05, 3.63) is 16.1 Å². The molecule has 1 saturated heterocycles. The number of ether oxygens (including phenoxy) is 1. The molecule has 0 bridgehead atoms. The van der Waals surface area contributed by atoms with E-state index in [1.807, 2.05) is 52.6 Å². The molecule has 0 saturated carbocycles. The van der Waals surface area contributed by atoms with Gasteiger partial charge < -0.3 is 15.0 Å². The van der Waals surface area contributed by atoms with Crippen molar-refractivity contribution in [1.29, 1.82) is 0 Å². The highest BCUT2D eigenvalue weighted by Gasteiger charge is 2.40. The van der Waals surface area contributed by atoms with Crippen molar-refractivity contribution >= 4 is 17.4 Å². The van der Waals surface area contributed by atoms with E-state index in [0.29, 0.717) is 13.1 Å². The van der Waals surface area contributed by atoms with E-state index in [-0.39, 0.29) is 23.3 Å². The summed E-state index contributed by atoms with van der Waals surface area (Å²) in [5.41, 5.74) is -0.666. The summed E-state index contributed by atoms with van der Waals surface area (Å²) in [5.74, 6) is 0. The second-order valence-electron chi connectivity index (χ2n) is 6.96. The first-order chi connectivity index (χ1) is 9.58. The van der Waals surface area contributed by atoms with E-state index in [1.165, 1.54) is 0 Å². The van der Waals surface area contributed by atoms with Crippen LogP contribution in [0.4, 0.5) is 4.79 Å². The molecular formula is C15H25N3O2S. The quantitative estimate of drug-likeness (QED) is 0.913. The lowest BCUT2D eigenvalue weighted by molar-refractivity contribution is -0.170. The molecule has 2 heterocycles. The highest BCUT2D eigenvalue weighted by atomic mass is 32.1. The van der Waals surface area contributed by atoms with Gasteiger partial charge in [0.1, 0.15) is 5.01 Å². The fourth-order valence-corrected chi connectivity index (χ4v) is 3.62. The van der Waals surface area contributed by atoms with Gasteiger partial charge in [-0.3, -0.25) is 0 Å². The van der Waals surface area contributed by atoms with Crippen molar-refractivity contribution in [3.8, 4) is 0 Å². The van der Waals surface area contributed by atoms with E-state index >= 15 is 0 Å². The highest BCUT2D eigenvalue weighted by Crippen LogP contribution is 2.28. The van der Waals surface area contributed by atoms with Crippen LogP contribution in [-0.2, 0) is 4.74 Å². The molecule has 1 aromatic heterocycles. The van der Waals surface area contributed by atoms with E-state index in [9.17, 15) is 4.79 Å². The Balaban J connectivity index is 2.02. The number of nitrogens with zero attached hydrogens (tertiary/aromatic N) is 2. The molecule has 0 radical (unpaired) electrons. The Labute approximate surface area is 130 Å². The van der Waals surface area contributed by atoms with Crippen LogP contribution in [0.2, 0.25) is 0 Å². The van der Waals surface area contributed by atoms with E-state index in [4.69, 9.17) is 4.74 Å². The van der Waals surface area contributed by atoms with Gasteiger partial charge in [0, 0.05) is 11.1 Å². The number of rotatable bonds is 2. The summed E-state index contributed by atoms with van der Waals surface area (Å²) < 4.78 is 6.00. The third-order valence-electron chi connectivity index (χ3n) is 3.33. The average Bonchev–Trinajstić information content (AvgIpc) is 2.71. The number of carbonyl (C=O) groups excluding carboxylic acids is 1. The zero-order valence-electron chi connectivity index (χ0n) is 13.7. The van der Waals surface area contributed by atoms with Gasteiger partial charge in [0.25, 0.3) is 0 Å². The molecule has 1 aliphatic heterocycles. The molecule has 1 aliphatic rings. The minimum Gasteiger partial charge on any atom is -0.366 e. The fourth-order valence-electron chi connectivity index (χ4n) is 2.84. The summed E-state index contributed by atoms with van der Waals surface area (Å²) in [6.07, 6.45) is 1.84. The molecule has 0 spiro atoms. The number of carbonyl (C=O) groups is 1. The van der Waals surface area contributed by atoms with Gasteiger partial charge in [0.15, 0.2) is 0 Å². The van der Waals surface area contributed by atoms with Crippen LogP contribution in [0.25, 0.3) is 0 Å². The van der Waals surface area contributed by atoms with Gasteiger partial charge in [0.2, 0.25) is 0 Å². The van der Waals surface area contributed by atoms with Crippen LogP contribution in [0, 0.1) is 6.92 Å². The van der Waals surface area contributed by atoms with Crippen LogP contribution in [0.5, 0.6) is 0 Å². The van der Waals surface area contributed by atoms with Gasteiger partial charge in [-0.15, -0.1) is 11.3 Å². The number of aryl methyl sites for hydroxylation is 1. The first kappa shape index (κ1) is 16.2. The molecule has 2 amide bonds. The standard InChI is InChI=1S/C15H25N3O2S/c1-10-7-16-12(21-10)11(2)17-13(19)18-8-14(3,4)20-15(5,6)9-18/h7,11H,8-9H2,1-6H3,(H,17,19)/t11-/m0/s1. The number of hydrogen-bond acceptors (Lipinski definition) is 4. The monoisotopic (exact) mass is 311 g/mol. The summed E-state index contributed by atoms with van der Waals surface area (Å²) >= 11 is 1.62. The molecule has 6 heteroatoms. The lowest BCUT2D eigenvalue weighted by Gasteiger charge is -2.47. The topological polar surface area (TPSA) is 54.5 Å². The molecule has 5 nitrogen and oxygen atoms in total. The van der Waals surface area contributed by atoms with Crippen LogP contribution in [-0.4, -0.2) is 40.2 Å². The number of amides is 2. The maximum atomic E-state index is 12.5. The largest absolute Gasteiger partial charge is 0.366 e. The Morgan fingerprint density at radius 1 is 1.38 bits per heavy atom. The molecule has 0 aromatic carbocycles. The van der Waals surface area contributed by atoms with Crippen molar-refractivity contribution in [3.63, 3.8) is 0 Å². The zero-order chi connectivity index (χ0) is 15.8. The molecule has 118 valence electrons. The molecular weight excluding hydrogens is 286 g/mol. The Hall–Kier alpha value is -1.14. The zero-order valence-corrected chi connectivity index (χ0v) is 14.5. The van der Waals surface area contributed by atoms with Crippen LogP contribution in [0.15, 0.2) is 6.20 Å². The van der Waals surface area contributed by atoms with Gasteiger partial charge >= 0.3 is 6.03 Å². The molecule has 0 unspecified atom stereocenters. The van der Waals surface area contributed by atoms with E-state index < -0.39 is 0 Å². The Morgan fingerprint density at radius 2 is 1.95 bits per heavy atom. The van der Waals surface area contributed by atoms with Gasteiger partial charge in [-0.05, 0) is 41.5 Å². The molecule has 2 rings (SSSR count). The first-order valence-electron chi connectivity index (χ1n) is 7.26. The number of hydrogen-bond donors (Lipinski definition) is 1. The molecule has 1 atom stereocenters. The Kier molecular flexibility index (Phi) is 4.31. The molecule has 0 aliphatic carbocycles. The average molecular weight is 311 g/mol. The number of thiazole rings is 1. The van der Waals surface area contributed by atoms with E-state index in [1.54, 1.807) is 11.3 Å². The van der Waals surface area contributed by atoms with Crippen molar-refractivity contribution in [2.75, 3.05) is 13.1 Å². The van der Waals surface area contributed by atoms with Gasteiger partial charge in [-0.2, -0.15) is 0 Å². The second kappa shape index (κ2) is 5.57. The number of morpholine rings is 1. The predicted molar refractivity (Wildman–Crippen MR) is 84.6 cm³/mol. The van der Waals surface area contributed by atoms with Crippen molar-refractivity contribution in [2.24, 2.45) is 0 Å². The molecule has 1 N–H and O–H groups in total. The molecule has 21 heavy (non-hydrogen) atoms. The van der Waals surface area contributed by atoms with Crippen LogP contribution >= 0.6 is 11.3 Å². The highest BCUT2D eigenvalue weighted by molar-refractivity contribution is 7.11. The van der Waals surface area contributed by atoms with Crippen molar-refractivity contribution in [2.45, 2.75) is 58.8 Å². The van der Waals surface area contributed by atoms with Gasteiger partial charge in [0.05, 0.1) is 30.3 Å². The van der Waals surface area contributed by atoms with Gasteiger partial charge in [-0.1, -0.05) is 0 Å². The number of aromatic nitrogens is 1. The molecule has 1 fully saturated rings. The SMILES string of the molecule is Cc1cnc([C@H](C)NC(=O)N2CC(C)(C)OC(C)(C)C2)s1. The van der Waals surface area contributed by atoms with E-state index in [0.717, 1.165) is 9.88 Å². The maximum Gasteiger partial charge on any atom is 0.318 e. The summed E-state index contributed by atoms with van der Waals surface area (Å²) in [4.78, 5) is 19.8. The third-order valence-corrected chi connectivity index (χ3v) is 4.43. The molecule has 1 aromatic rings. The minimum atomic E-state index is -0.333. The fraction of sp³-hybridized carbons (Fsp3) is 0.733. The minimum absolute atomic E-state index is 0.0557. The first-order valence-corrected chi connectivity index (χ1v) is 8.08. The Bertz CT molecular complexity index is 509. The van der Waals surface area contributed by atoms with Crippen LogP contribution in [0.1, 0.15) is 50.5 Å². The van der Waals surface area contributed by atoms with Crippen LogP contribution in [0.3, 0.4) is 0 Å². The normalized spacial score (nSPS) is 21.9. The van der Waals surface area contributed by atoms with Crippen molar-refractivity contribution in [1.82, 2.24) is 15.2 Å². The summed E-state index contributed by atoms with van der Waals surface area (Å²) in [5, 5.41) is 3.97. The lowest BCUT2D eigenvalue weighted by atomic mass is 9.99. The number of nitrogens with one attached hydrogen (secondary N) is 1. The van der Waals surface area contributed by atoms with Crippen molar-refractivity contribution < 1.29 is 9.53 Å². The predicted octanol–water partition coefficient (Wildman–Crippen LogP) is 3.11. The smallest absolute Gasteiger partial charge is 0.318 e. The maximum absolute atomic E-state index is 12.5. The van der Waals surface area contributed by atoms with Crippen LogP contribution < -0.4 is 5.32 Å². The second-order valence-corrected chi connectivity index (χ2v) is 8.22. The lowest BCUT2D eigenvalue weighted by Crippen LogP contribution is -2.60. The van der Waals surface area contributed by atoms with E-state index in [2.05, 4.69) is 10.3 Å². The summed E-state index contributed by atoms with van der Waals surface area (Å²) in [6, 6.07) is -0.134. The number of urea groups is 1. The van der Waals surface area contributed by atoms with Gasteiger partial charge in [-0.25, -0.2) is 9.78 Å². The third kappa shape index (κ3) is 4.17. The summed E-state index contributed by atoms with van der Waals surface area (Å²) in [6.45, 7) is 13.2. The summed E-state index contributed by atoms with van der Waals surface area (Å²) in [7, 11) is 0. The Morgan fingerprint density at radius 3 is 2.43 bits per heavy atom.